The third-order valence-corrected chi connectivity index (χ3v) is 5.46. The van der Waals surface area contributed by atoms with E-state index in [1.807, 2.05) is 12.1 Å². The number of methoxy groups -OCH3 is 1. The summed E-state index contributed by atoms with van der Waals surface area (Å²) in [6, 6.07) is 12.2. The van der Waals surface area contributed by atoms with Crippen molar-refractivity contribution in [2.45, 2.75) is 31.1 Å². The number of sulfonamides is 1. The quantitative estimate of drug-likeness (QED) is 0.742. The molecule has 0 bridgehead atoms. The number of aryl methyl sites for hydroxylation is 1. The molecule has 1 N–H and O–H groups in total. The van der Waals surface area contributed by atoms with E-state index < -0.39 is 10.0 Å². The maximum atomic E-state index is 12.4. The van der Waals surface area contributed by atoms with Crippen molar-refractivity contribution in [2.24, 2.45) is 0 Å². The highest BCUT2D eigenvalue weighted by molar-refractivity contribution is 9.10. The van der Waals surface area contributed by atoms with Crippen molar-refractivity contribution in [1.29, 1.82) is 0 Å². The highest BCUT2D eigenvalue weighted by atomic mass is 79.9. The number of anilines is 1. The first-order valence-electron chi connectivity index (χ1n) is 7.41. The molecule has 4 nitrogen and oxygen atoms in total. The molecular formula is C17H20BrNO3S. The fourth-order valence-electron chi connectivity index (χ4n) is 2.15. The topological polar surface area (TPSA) is 55.4 Å². The van der Waals surface area contributed by atoms with Crippen LogP contribution < -0.4 is 9.46 Å². The molecule has 0 aromatic heterocycles. The Morgan fingerprint density at radius 2 is 1.83 bits per heavy atom. The van der Waals surface area contributed by atoms with Crippen molar-refractivity contribution in [3.63, 3.8) is 0 Å². The molecule has 2 rings (SSSR count). The van der Waals surface area contributed by atoms with Crippen molar-refractivity contribution in [3.8, 4) is 5.75 Å². The summed E-state index contributed by atoms with van der Waals surface area (Å²) in [7, 11) is -2.09. The van der Waals surface area contributed by atoms with Crippen LogP contribution in [0.25, 0.3) is 0 Å². The van der Waals surface area contributed by atoms with Gasteiger partial charge in [0.2, 0.25) is 0 Å². The molecule has 0 unspecified atom stereocenters. The normalized spacial score (nSPS) is 11.3. The number of rotatable bonds is 7. The molecule has 6 heteroatoms. The van der Waals surface area contributed by atoms with Crippen LogP contribution in [0.3, 0.4) is 0 Å². The summed E-state index contributed by atoms with van der Waals surface area (Å²) in [6.45, 7) is 2.15. The van der Waals surface area contributed by atoms with E-state index in [4.69, 9.17) is 4.74 Å². The molecule has 23 heavy (non-hydrogen) atoms. The van der Waals surface area contributed by atoms with Crippen LogP contribution >= 0.6 is 15.9 Å². The Balaban J connectivity index is 2.16. The number of benzene rings is 2. The summed E-state index contributed by atoms with van der Waals surface area (Å²) < 4.78 is 33.2. The van der Waals surface area contributed by atoms with Crippen LogP contribution in [-0.2, 0) is 16.4 Å². The van der Waals surface area contributed by atoms with Crippen LogP contribution in [0, 0.1) is 0 Å². The number of ether oxygens (including phenoxy) is 1. The van der Waals surface area contributed by atoms with Crippen LogP contribution in [0.2, 0.25) is 0 Å². The third-order valence-electron chi connectivity index (χ3n) is 3.46. The van der Waals surface area contributed by atoms with E-state index in [0.29, 0.717) is 15.9 Å². The number of hydrogen-bond acceptors (Lipinski definition) is 3. The standard InChI is InChI=1S/C17H20BrNO3S/c1-3-4-5-13-6-8-14(9-7-13)19-23(20,21)15-10-11-17(22-2)16(18)12-15/h6-12,19H,3-5H2,1-2H3. The SMILES string of the molecule is CCCCc1ccc(NS(=O)(=O)c2ccc(OC)c(Br)c2)cc1. The maximum absolute atomic E-state index is 12.4. The zero-order valence-electron chi connectivity index (χ0n) is 13.2. The predicted molar refractivity (Wildman–Crippen MR) is 96.6 cm³/mol. The van der Waals surface area contributed by atoms with Crippen LogP contribution in [0.4, 0.5) is 5.69 Å². The largest absolute Gasteiger partial charge is 0.496 e. The van der Waals surface area contributed by atoms with Gasteiger partial charge in [-0.1, -0.05) is 25.5 Å². The van der Waals surface area contributed by atoms with E-state index in [1.54, 1.807) is 18.2 Å². The number of hydrogen-bond donors (Lipinski definition) is 1. The van der Waals surface area contributed by atoms with Crippen molar-refractivity contribution in [1.82, 2.24) is 0 Å². The Morgan fingerprint density at radius 1 is 1.13 bits per heavy atom. The molecule has 2 aromatic carbocycles. The fraction of sp³-hybridized carbons (Fsp3) is 0.294. The molecule has 0 spiro atoms. The minimum atomic E-state index is -3.63. The highest BCUT2D eigenvalue weighted by Crippen LogP contribution is 2.28. The zero-order chi connectivity index (χ0) is 16.9. The van der Waals surface area contributed by atoms with E-state index in [2.05, 4.69) is 27.6 Å². The lowest BCUT2D eigenvalue weighted by molar-refractivity contribution is 0.411. The molecule has 0 aliphatic heterocycles. The first-order chi connectivity index (χ1) is 11.0. The van der Waals surface area contributed by atoms with E-state index >= 15 is 0 Å². The Kier molecular flexibility index (Phi) is 6.07. The lowest BCUT2D eigenvalue weighted by atomic mass is 10.1. The van der Waals surface area contributed by atoms with Gasteiger partial charge in [0.1, 0.15) is 5.75 Å². The van der Waals surface area contributed by atoms with Gasteiger partial charge in [-0.15, -0.1) is 0 Å². The van der Waals surface area contributed by atoms with E-state index in [0.717, 1.165) is 19.3 Å². The summed E-state index contributed by atoms with van der Waals surface area (Å²) >= 11 is 3.30. The van der Waals surface area contributed by atoms with Gasteiger partial charge in [0.05, 0.1) is 16.5 Å². The fourth-order valence-corrected chi connectivity index (χ4v) is 3.93. The van der Waals surface area contributed by atoms with Gasteiger partial charge in [-0.05, 0) is 64.7 Å². The summed E-state index contributed by atoms with van der Waals surface area (Å²) in [5.74, 6) is 0.587. The molecule has 0 atom stereocenters. The average molecular weight is 398 g/mol. The minimum Gasteiger partial charge on any atom is -0.496 e. The van der Waals surface area contributed by atoms with Crippen molar-refractivity contribution in [2.75, 3.05) is 11.8 Å². The second-order valence-corrected chi connectivity index (χ2v) is 7.74. The van der Waals surface area contributed by atoms with Gasteiger partial charge in [0.25, 0.3) is 10.0 Å². The smallest absolute Gasteiger partial charge is 0.261 e. The minimum absolute atomic E-state index is 0.181. The number of nitrogens with one attached hydrogen (secondary N) is 1. The van der Waals surface area contributed by atoms with Gasteiger partial charge < -0.3 is 4.74 Å². The molecule has 0 heterocycles. The molecular weight excluding hydrogens is 378 g/mol. The van der Waals surface area contributed by atoms with E-state index in [9.17, 15) is 8.42 Å². The first kappa shape index (κ1) is 17.8. The summed E-state index contributed by atoms with van der Waals surface area (Å²) in [5.41, 5.74) is 1.76. The van der Waals surface area contributed by atoms with Crippen molar-refractivity contribution in [3.05, 3.63) is 52.5 Å². The lowest BCUT2D eigenvalue weighted by Crippen LogP contribution is -2.13. The molecule has 0 radical (unpaired) electrons. The van der Waals surface area contributed by atoms with Gasteiger partial charge in [-0.2, -0.15) is 0 Å². The lowest BCUT2D eigenvalue weighted by Gasteiger charge is -2.10. The number of halogens is 1. The van der Waals surface area contributed by atoms with Crippen molar-refractivity contribution >= 4 is 31.6 Å². The van der Waals surface area contributed by atoms with Crippen LogP contribution in [0.15, 0.2) is 51.8 Å². The monoisotopic (exact) mass is 397 g/mol. The molecule has 124 valence electrons. The second kappa shape index (κ2) is 7.84. The van der Waals surface area contributed by atoms with E-state index in [1.165, 1.54) is 24.8 Å². The Morgan fingerprint density at radius 3 is 2.39 bits per heavy atom. The summed E-state index contributed by atoms with van der Waals surface area (Å²) in [5, 5.41) is 0. The summed E-state index contributed by atoms with van der Waals surface area (Å²) in [6.07, 6.45) is 3.28. The van der Waals surface area contributed by atoms with Crippen molar-refractivity contribution < 1.29 is 13.2 Å². The number of unbranched alkanes of at least 4 members (excludes halogenated alkanes) is 1. The second-order valence-electron chi connectivity index (χ2n) is 5.20. The highest BCUT2D eigenvalue weighted by Gasteiger charge is 2.16. The molecule has 0 saturated carbocycles. The maximum Gasteiger partial charge on any atom is 0.261 e. The van der Waals surface area contributed by atoms with Crippen LogP contribution in [0.1, 0.15) is 25.3 Å². The molecule has 0 amide bonds. The molecule has 0 aliphatic rings. The zero-order valence-corrected chi connectivity index (χ0v) is 15.6. The van der Waals surface area contributed by atoms with E-state index in [-0.39, 0.29) is 4.90 Å². The molecule has 0 aliphatic carbocycles. The van der Waals surface area contributed by atoms with Gasteiger partial charge >= 0.3 is 0 Å². The van der Waals surface area contributed by atoms with Crippen LogP contribution in [0.5, 0.6) is 5.75 Å². The molecule has 0 fully saturated rings. The van der Waals surface area contributed by atoms with Gasteiger partial charge in [-0.3, -0.25) is 4.72 Å². The average Bonchev–Trinajstić information content (AvgIpc) is 2.54. The summed E-state index contributed by atoms with van der Waals surface area (Å²) in [4.78, 5) is 0.181. The van der Waals surface area contributed by atoms with Gasteiger partial charge in [-0.25, -0.2) is 8.42 Å². The molecule has 0 saturated heterocycles. The first-order valence-corrected chi connectivity index (χ1v) is 9.69. The third kappa shape index (κ3) is 4.72. The molecule has 2 aromatic rings. The van der Waals surface area contributed by atoms with Gasteiger partial charge in [0.15, 0.2) is 0 Å². The van der Waals surface area contributed by atoms with Gasteiger partial charge in [0, 0.05) is 5.69 Å². The Bertz CT molecular complexity index is 758. The predicted octanol–water partition coefficient (Wildman–Crippen LogP) is 4.60. The van der Waals surface area contributed by atoms with Crippen LogP contribution in [-0.4, -0.2) is 15.5 Å². The Hall–Kier alpha value is -1.53. The Labute approximate surface area is 146 Å².